The number of rotatable bonds is 2. The van der Waals surface area contributed by atoms with Crippen molar-refractivity contribution in [2.24, 2.45) is 0 Å². The van der Waals surface area contributed by atoms with Gasteiger partial charge in [-0.25, -0.2) is 0 Å². The third kappa shape index (κ3) is 2.68. The lowest BCUT2D eigenvalue weighted by Gasteiger charge is -2.13. The molecule has 2 aromatic rings. The Bertz CT molecular complexity index is 740. The Morgan fingerprint density at radius 2 is 1.90 bits per heavy atom. The van der Waals surface area contributed by atoms with E-state index in [4.69, 9.17) is 12.2 Å². The highest BCUT2D eigenvalue weighted by Crippen LogP contribution is 2.21. The summed E-state index contributed by atoms with van der Waals surface area (Å²) in [6.45, 7) is 1.91. The molecular formula is C16H13N3OS. The standard InChI is InChI=1S/C16H13N3OS/c1-11-6-5-7-12(17-11)10-14-15(20)19(16(21)18-14)13-8-3-2-4-9-13/h2-10H,1H3,(H,18,21)/b14-10+. The van der Waals surface area contributed by atoms with E-state index in [1.54, 1.807) is 6.08 Å². The number of carbonyl (C=O) groups excluding carboxylic acids is 1. The molecule has 1 aromatic heterocycles. The summed E-state index contributed by atoms with van der Waals surface area (Å²) in [6, 6.07) is 15.0. The second kappa shape index (κ2) is 5.46. The molecular weight excluding hydrogens is 282 g/mol. The number of nitrogens with one attached hydrogen (secondary N) is 1. The number of pyridine rings is 1. The first kappa shape index (κ1) is 13.5. The van der Waals surface area contributed by atoms with E-state index >= 15 is 0 Å². The van der Waals surface area contributed by atoms with Gasteiger partial charge in [0.15, 0.2) is 5.11 Å². The van der Waals surface area contributed by atoms with E-state index in [0.29, 0.717) is 10.8 Å². The number of hydrogen-bond donors (Lipinski definition) is 1. The SMILES string of the molecule is Cc1cccc(/C=C2/NC(=S)N(c3ccccc3)C2=O)n1. The topological polar surface area (TPSA) is 45.2 Å². The molecule has 0 aliphatic carbocycles. The monoisotopic (exact) mass is 295 g/mol. The first-order chi connectivity index (χ1) is 10.1. The van der Waals surface area contributed by atoms with Crippen LogP contribution in [0.4, 0.5) is 5.69 Å². The molecule has 104 valence electrons. The summed E-state index contributed by atoms with van der Waals surface area (Å²) >= 11 is 5.25. The number of thiocarbonyl (C=S) groups is 1. The zero-order valence-corrected chi connectivity index (χ0v) is 12.2. The summed E-state index contributed by atoms with van der Waals surface area (Å²) < 4.78 is 0. The molecule has 0 unspecified atom stereocenters. The highest BCUT2D eigenvalue weighted by Gasteiger charge is 2.31. The van der Waals surface area contributed by atoms with Crippen LogP contribution in [0.5, 0.6) is 0 Å². The minimum atomic E-state index is -0.172. The number of hydrogen-bond acceptors (Lipinski definition) is 3. The van der Waals surface area contributed by atoms with Gasteiger partial charge in [-0.05, 0) is 49.5 Å². The van der Waals surface area contributed by atoms with Crippen molar-refractivity contribution in [2.45, 2.75) is 6.92 Å². The minimum absolute atomic E-state index is 0.172. The van der Waals surface area contributed by atoms with Gasteiger partial charge < -0.3 is 5.32 Å². The molecule has 21 heavy (non-hydrogen) atoms. The fourth-order valence-corrected chi connectivity index (χ4v) is 2.44. The van der Waals surface area contributed by atoms with E-state index in [2.05, 4.69) is 10.3 Å². The third-order valence-corrected chi connectivity index (χ3v) is 3.38. The molecule has 1 aromatic carbocycles. The number of carbonyl (C=O) groups is 1. The summed E-state index contributed by atoms with van der Waals surface area (Å²) in [5.74, 6) is -0.172. The smallest absolute Gasteiger partial charge is 0.281 e. The maximum absolute atomic E-state index is 12.5. The molecule has 0 spiro atoms. The molecule has 5 heteroatoms. The summed E-state index contributed by atoms with van der Waals surface area (Å²) in [7, 11) is 0. The van der Waals surface area contributed by atoms with Crippen LogP contribution in [0.2, 0.25) is 0 Å². The Labute approximate surface area is 128 Å². The number of anilines is 1. The van der Waals surface area contributed by atoms with Gasteiger partial charge >= 0.3 is 0 Å². The van der Waals surface area contributed by atoms with Crippen molar-refractivity contribution in [3.05, 3.63) is 65.6 Å². The maximum Gasteiger partial charge on any atom is 0.281 e. The van der Waals surface area contributed by atoms with Gasteiger partial charge in [0.2, 0.25) is 0 Å². The van der Waals surface area contributed by atoms with Crippen LogP contribution < -0.4 is 10.2 Å². The predicted octanol–water partition coefficient (Wildman–Crippen LogP) is 2.65. The van der Waals surface area contributed by atoms with Crippen molar-refractivity contribution in [2.75, 3.05) is 4.90 Å². The Morgan fingerprint density at radius 3 is 2.62 bits per heavy atom. The summed E-state index contributed by atoms with van der Waals surface area (Å²) in [4.78, 5) is 18.3. The summed E-state index contributed by atoms with van der Waals surface area (Å²) in [5, 5.41) is 3.33. The Morgan fingerprint density at radius 1 is 1.14 bits per heavy atom. The molecule has 0 atom stereocenters. The second-order valence-corrected chi connectivity index (χ2v) is 5.05. The molecule has 4 nitrogen and oxygen atoms in total. The Kier molecular flexibility index (Phi) is 3.50. The first-order valence-corrected chi connectivity index (χ1v) is 6.92. The first-order valence-electron chi connectivity index (χ1n) is 6.51. The van der Waals surface area contributed by atoms with Gasteiger partial charge in [0, 0.05) is 5.69 Å². The molecule has 1 amide bonds. The molecule has 0 bridgehead atoms. The van der Waals surface area contributed by atoms with Gasteiger partial charge in [0.1, 0.15) is 5.70 Å². The van der Waals surface area contributed by atoms with Crippen molar-refractivity contribution in [3.63, 3.8) is 0 Å². The molecule has 1 N–H and O–H groups in total. The van der Waals surface area contributed by atoms with E-state index in [1.165, 1.54) is 4.90 Å². The molecule has 1 aliphatic rings. The van der Waals surface area contributed by atoms with Crippen LogP contribution in [0.3, 0.4) is 0 Å². The molecule has 1 aliphatic heterocycles. The average molecular weight is 295 g/mol. The van der Waals surface area contributed by atoms with Gasteiger partial charge in [-0.2, -0.15) is 0 Å². The van der Waals surface area contributed by atoms with Crippen LogP contribution >= 0.6 is 12.2 Å². The van der Waals surface area contributed by atoms with Gasteiger partial charge in [-0.3, -0.25) is 14.7 Å². The van der Waals surface area contributed by atoms with Crippen LogP contribution in [0.25, 0.3) is 6.08 Å². The van der Waals surface area contributed by atoms with Crippen molar-refractivity contribution in [1.82, 2.24) is 10.3 Å². The molecule has 3 rings (SSSR count). The number of aromatic nitrogens is 1. The van der Waals surface area contributed by atoms with Gasteiger partial charge in [0.05, 0.1) is 11.4 Å². The number of benzene rings is 1. The van der Waals surface area contributed by atoms with E-state index in [0.717, 1.165) is 17.1 Å². The van der Waals surface area contributed by atoms with Gasteiger partial charge in [-0.1, -0.05) is 24.3 Å². The lowest BCUT2D eigenvalue weighted by atomic mass is 10.2. The number of para-hydroxylation sites is 1. The molecule has 2 heterocycles. The van der Waals surface area contributed by atoms with Crippen molar-refractivity contribution < 1.29 is 4.79 Å². The molecule has 0 saturated carbocycles. The zero-order chi connectivity index (χ0) is 14.8. The van der Waals surface area contributed by atoms with Gasteiger partial charge in [0.25, 0.3) is 5.91 Å². The van der Waals surface area contributed by atoms with Crippen LogP contribution in [-0.2, 0) is 4.79 Å². The predicted molar refractivity (Wildman–Crippen MR) is 86.6 cm³/mol. The quantitative estimate of drug-likeness (QED) is 0.683. The molecule has 1 fully saturated rings. The van der Waals surface area contributed by atoms with Gasteiger partial charge in [-0.15, -0.1) is 0 Å². The summed E-state index contributed by atoms with van der Waals surface area (Å²) in [5.41, 5.74) is 2.81. The van der Waals surface area contributed by atoms with Crippen LogP contribution in [-0.4, -0.2) is 16.0 Å². The van der Waals surface area contributed by atoms with Crippen molar-refractivity contribution in [1.29, 1.82) is 0 Å². The van der Waals surface area contributed by atoms with Crippen LogP contribution in [0, 0.1) is 6.92 Å². The number of nitrogens with zero attached hydrogens (tertiary/aromatic N) is 2. The summed E-state index contributed by atoms with van der Waals surface area (Å²) in [6.07, 6.45) is 1.71. The fraction of sp³-hybridized carbons (Fsp3) is 0.0625. The highest BCUT2D eigenvalue weighted by atomic mass is 32.1. The van der Waals surface area contributed by atoms with E-state index in [1.807, 2.05) is 55.5 Å². The Balaban J connectivity index is 1.94. The molecule has 0 radical (unpaired) electrons. The maximum atomic E-state index is 12.5. The molecule has 1 saturated heterocycles. The van der Waals surface area contributed by atoms with Crippen molar-refractivity contribution >= 4 is 35.0 Å². The van der Waals surface area contributed by atoms with E-state index in [-0.39, 0.29) is 5.91 Å². The minimum Gasteiger partial charge on any atom is -0.327 e. The largest absolute Gasteiger partial charge is 0.327 e. The van der Waals surface area contributed by atoms with E-state index in [9.17, 15) is 4.79 Å². The lowest BCUT2D eigenvalue weighted by molar-refractivity contribution is -0.113. The van der Waals surface area contributed by atoms with Crippen LogP contribution in [0.15, 0.2) is 54.2 Å². The lowest BCUT2D eigenvalue weighted by Crippen LogP contribution is -2.30. The third-order valence-electron chi connectivity index (χ3n) is 3.09. The number of amides is 1. The zero-order valence-electron chi connectivity index (χ0n) is 11.4. The van der Waals surface area contributed by atoms with Crippen LogP contribution in [0.1, 0.15) is 11.4 Å². The normalized spacial score (nSPS) is 16.4. The fourth-order valence-electron chi connectivity index (χ4n) is 2.14. The Hall–Kier alpha value is -2.53. The number of aryl methyl sites for hydroxylation is 1. The van der Waals surface area contributed by atoms with E-state index < -0.39 is 0 Å². The average Bonchev–Trinajstić information content (AvgIpc) is 2.74. The van der Waals surface area contributed by atoms with Crippen molar-refractivity contribution in [3.8, 4) is 0 Å². The second-order valence-electron chi connectivity index (χ2n) is 4.67. The highest BCUT2D eigenvalue weighted by molar-refractivity contribution is 7.80.